The molecule has 2 fully saturated rings. The number of anilines is 1. The van der Waals surface area contributed by atoms with Gasteiger partial charge in [-0.25, -0.2) is 4.79 Å². The van der Waals surface area contributed by atoms with Crippen LogP contribution in [0.3, 0.4) is 0 Å². The molecule has 1 aliphatic heterocycles. The van der Waals surface area contributed by atoms with Crippen molar-refractivity contribution < 1.29 is 37.0 Å². The molecule has 3 aromatic rings. The summed E-state index contributed by atoms with van der Waals surface area (Å²) in [6.45, 7) is -0.347. The standard InChI is InChI=1S/C24H21F3N4O5/c1-34-20-8-17-18(9-21(20)35-2)29-4-3-19(17)36-16-6-14(7-16)31-22(32)12-30(23(31)33)15-5-13(10-28-11-15)24(25,26)27/h3-5,8-11,14,16H,6-7,12H2,1-2H3. The van der Waals surface area contributed by atoms with E-state index in [1.54, 1.807) is 24.4 Å². The number of imide groups is 1. The van der Waals surface area contributed by atoms with Crippen molar-refractivity contribution in [2.45, 2.75) is 31.2 Å². The molecule has 1 aromatic carbocycles. The maximum absolute atomic E-state index is 13.0. The molecule has 2 aliphatic rings. The van der Waals surface area contributed by atoms with E-state index in [-0.39, 0.29) is 18.3 Å². The Kier molecular flexibility index (Phi) is 5.81. The SMILES string of the molecule is COc1cc2nccc(OC3CC(N4C(=O)CN(c5cncc(C(F)(F)F)c5)C4=O)C3)c2cc1OC. The Balaban J connectivity index is 1.28. The average Bonchev–Trinajstić information content (AvgIpc) is 3.13. The molecule has 5 rings (SSSR count). The van der Waals surface area contributed by atoms with Gasteiger partial charge in [-0.1, -0.05) is 0 Å². The summed E-state index contributed by atoms with van der Waals surface area (Å²) >= 11 is 0. The van der Waals surface area contributed by atoms with Crippen LogP contribution < -0.4 is 19.1 Å². The second kappa shape index (κ2) is 8.85. The molecule has 3 heterocycles. The predicted octanol–water partition coefficient (Wildman–Crippen LogP) is 4.04. The number of methoxy groups -OCH3 is 2. The molecule has 9 nitrogen and oxygen atoms in total. The van der Waals surface area contributed by atoms with Crippen molar-refractivity contribution in [1.82, 2.24) is 14.9 Å². The van der Waals surface area contributed by atoms with E-state index < -0.39 is 29.7 Å². The number of alkyl halides is 3. The first-order chi connectivity index (χ1) is 17.2. The van der Waals surface area contributed by atoms with Crippen molar-refractivity contribution >= 4 is 28.5 Å². The molecule has 1 aliphatic carbocycles. The first-order valence-corrected chi connectivity index (χ1v) is 11.0. The van der Waals surface area contributed by atoms with Crippen LogP contribution in [0.1, 0.15) is 18.4 Å². The number of urea groups is 1. The smallest absolute Gasteiger partial charge is 0.417 e. The molecule has 2 aromatic heterocycles. The Labute approximate surface area is 203 Å². The van der Waals surface area contributed by atoms with E-state index in [9.17, 15) is 22.8 Å². The van der Waals surface area contributed by atoms with Gasteiger partial charge in [0.15, 0.2) is 11.5 Å². The highest BCUT2D eigenvalue weighted by Gasteiger charge is 2.47. The Hall–Kier alpha value is -4.09. The van der Waals surface area contributed by atoms with Gasteiger partial charge in [0.1, 0.15) is 18.4 Å². The summed E-state index contributed by atoms with van der Waals surface area (Å²) in [6.07, 6.45) is -0.680. The lowest BCUT2D eigenvalue weighted by Crippen LogP contribution is -2.52. The number of benzene rings is 1. The van der Waals surface area contributed by atoms with E-state index in [4.69, 9.17) is 14.2 Å². The number of halogens is 3. The molecular weight excluding hydrogens is 481 g/mol. The van der Waals surface area contributed by atoms with Gasteiger partial charge in [-0.3, -0.25) is 24.6 Å². The van der Waals surface area contributed by atoms with Crippen LogP contribution in [0.2, 0.25) is 0 Å². The number of hydrogen-bond acceptors (Lipinski definition) is 7. The van der Waals surface area contributed by atoms with Gasteiger partial charge in [0.05, 0.1) is 37.2 Å². The van der Waals surface area contributed by atoms with Crippen LogP contribution in [0.15, 0.2) is 42.9 Å². The van der Waals surface area contributed by atoms with Gasteiger partial charge in [-0.05, 0) is 18.2 Å². The zero-order valence-corrected chi connectivity index (χ0v) is 19.3. The Morgan fingerprint density at radius 3 is 2.42 bits per heavy atom. The lowest BCUT2D eigenvalue weighted by atomic mass is 9.88. The first-order valence-electron chi connectivity index (χ1n) is 11.0. The number of hydrogen-bond donors (Lipinski definition) is 0. The molecule has 3 amide bonds. The normalized spacial score (nSPS) is 20.0. The van der Waals surface area contributed by atoms with Crippen LogP contribution >= 0.6 is 0 Å². The number of carbonyl (C=O) groups excluding carboxylic acids is 2. The van der Waals surface area contributed by atoms with Gasteiger partial charge in [0.25, 0.3) is 5.91 Å². The van der Waals surface area contributed by atoms with Gasteiger partial charge in [-0.2, -0.15) is 13.2 Å². The van der Waals surface area contributed by atoms with Crippen molar-refractivity contribution in [3.05, 3.63) is 48.4 Å². The Morgan fingerprint density at radius 2 is 1.72 bits per heavy atom. The number of carbonyl (C=O) groups is 2. The number of fused-ring (bicyclic) bond motifs is 1. The van der Waals surface area contributed by atoms with Crippen LogP contribution in [-0.2, 0) is 11.0 Å². The molecule has 0 bridgehead atoms. The van der Waals surface area contributed by atoms with Crippen LogP contribution in [0.5, 0.6) is 17.2 Å². The maximum Gasteiger partial charge on any atom is 0.417 e. The summed E-state index contributed by atoms with van der Waals surface area (Å²) in [5.74, 6) is 1.14. The Morgan fingerprint density at radius 1 is 1.00 bits per heavy atom. The molecule has 0 N–H and O–H groups in total. The minimum absolute atomic E-state index is 0.0783. The quantitative estimate of drug-likeness (QED) is 0.470. The molecule has 12 heteroatoms. The summed E-state index contributed by atoms with van der Waals surface area (Å²) in [5.41, 5.74) is -0.420. The molecule has 36 heavy (non-hydrogen) atoms. The van der Waals surface area contributed by atoms with Gasteiger partial charge >= 0.3 is 12.2 Å². The molecule has 0 atom stereocenters. The third-order valence-electron chi connectivity index (χ3n) is 6.30. The second-order valence-corrected chi connectivity index (χ2v) is 8.46. The number of aromatic nitrogens is 2. The highest BCUT2D eigenvalue weighted by molar-refractivity contribution is 6.12. The molecule has 0 radical (unpaired) electrons. The summed E-state index contributed by atoms with van der Waals surface area (Å²) in [5, 5.41) is 0.718. The molecule has 1 saturated carbocycles. The summed E-state index contributed by atoms with van der Waals surface area (Å²) in [6, 6.07) is 4.95. The van der Waals surface area contributed by atoms with Gasteiger partial charge in [0.2, 0.25) is 0 Å². The molecular formula is C24H21F3N4O5. The topological polar surface area (TPSA) is 94.1 Å². The van der Waals surface area contributed by atoms with E-state index in [0.717, 1.165) is 27.4 Å². The van der Waals surface area contributed by atoms with E-state index in [0.29, 0.717) is 41.8 Å². The maximum atomic E-state index is 13.0. The van der Waals surface area contributed by atoms with Crippen molar-refractivity contribution in [3.8, 4) is 17.2 Å². The van der Waals surface area contributed by atoms with Gasteiger partial charge < -0.3 is 14.2 Å². The van der Waals surface area contributed by atoms with E-state index in [1.807, 2.05) is 0 Å². The minimum atomic E-state index is -4.61. The number of amides is 3. The lowest BCUT2D eigenvalue weighted by molar-refractivity contribution is -0.137. The van der Waals surface area contributed by atoms with Crippen molar-refractivity contribution in [2.24, 2.45) is 0 Å². The van der Waals surface area contributed by atoms with Gasteiger partial charge in [0, 0.05) is 42.7 Å². The van der Waals surface area contributed by atoms with E-state index in [2.05, 4.69) is 9.97 Å². The number of pyridine rings is 2. The molecule has 1 saturated heterocycles. The van der Waals surface area contributed by atoms with Crippen LogP contribution in [-0.4, -0.2) is 59.7 Å². The molecule has 0 spiro atoms. The second-order valence-electron chi connectivity index (χ2n) is 8.46. The lowest BCUT2D eigenvalue weighted by Gasteiger charge is -2.39. The zero-order chi connectivity index (χ0) is 25.6. The van der Waals surface area contributed by atoms with Crippen molar-refractivity contribution in [2.75, 3.05) is 25.7 Å². The van der Waals surface area contributed by atoms with Gasteiger partial charge in [-0.15, -0.1) is 0 Å². The number of nitrogens with zero attached hydrogens (tertiary/aromatic N) is 4. The van der Waals surface area contributed by atoms with Crippen molar-refractivity contribution in [1.29, 1.82) is 0 Å². The van der Waals surface area contributed by atoms with E-state index >= 15 is 0 Å². The average molecular weight is 502 g/mol. The monoisotopic (exact) mass is 502 g/mol. The fourth-order valence-corrected chi connectivity index (χ4v) is 4.38. The summed E-state index contributed by atoms with van der Waals surface area (Å²) < 4.78 is 55.9. The molecule has 188 valence electrons. The zero-order valence-electron chi connectivity index (χ0n) is 19.3. The minimum Gasteiger partial charge on any atom is -0.493 e. The fraction of sp³-hybridized carbons (Fsp3) is 0.333. The van der Waals surface area contributed by atoms with E-state index in [1.165, 1.54) is 14.2 Å². The largest absolute Gasteiger partial charge is 0.493 e. The third kappa shape index (κ3) is 4.12. The third-order valence-corrected chi connectivity index (χ3v) is 6.30. The fourth-order valence-electron chi connectivity index (χ4n) is 4.38. The number of rotatable bonds is 6. The summed E-state index contributed by atoms with van der Waals surface area (Å²) in [4.78, 5) is 35.6. The Bertz CT molecular complexity index is 1340. The van der Waals surface area contributed by atoms with Crippen molar-refractivity contribution in [3.63, 3.8) is 0 Å². The van der Waals surface area contributed by atoms with Crippen LogP contribution in [0.25, 0.3) is 10.9 Å². The summed E-state index contributed by atoms with van der Waals surface area (Å²) in [7, 11) is 3.06. The highest BCUT2D eigenvalue weighted by atomic mass is 19.4. The first kappa shape index (κ1) is 23.6. The van der Waals surface area contributed by atoms with Crippen LogP contribution in [0.4, 0.5) is 23.7 Å². The highest BCUT2D eigenvalue weighted by Crippen LogP contribution is 2.39. The predicted molar refractivity (Wildman–Crippen MR) is 121 cm³/mol. The van der Waals surface area contributed by atoms with Crippen LogP contribution in [0, 0.1) is 0 Å². The number of ether oxygens (including phenoxy) is 3. The molecule has 0 unspecified atom stereocenters.